The summed E-state index contributed by atoms with van der Waals surface area (Å²) in [5.74, 6) is 0.0543. The molecule has 0 fully saturated rings. The van der Waals surface area contributed by atoms with Gasteiger partial charge in [-0.1, -0.05) is 84.9 Å². The summed E-state index contributed by atoms with van der Waals surface area (Å²) in [4.78, 5) is 15.0. The van der Waals surface area contributed by atoms with Crippen LogP contribution in [0.4, 0.5) is 0 Å². The van der Waals surface area contributed by atoms with Gasteiger partial charge in [0.15, 0.2) is 5.78 Å². The molecule has 0 saturated carbocycles. The van der Waals surface area contributed by atoms with Crippen molar-refractivity contribution in [1.82, 2.24) is 4.90 Å². The average molecular weight is 365 g/mol. The van der Waals surface area contributed by atoms with Gasteiger partial charge in [0, 0.05) is 17.7 Å². The second-order valence-corrected chi connectivity index (χ2v) is 7.40. The zero-order valence-electron chi connectivity index (χ0n) is 16.2. The molecule has 0 bridgehead atoms. The van der Waals surface area contributed by atoms with Crippen molar-refractivity contribution in [1.29, 1.82) is 0 Å². The van der Waals surface area contributed by atoms with E-state index in [1.807, 2.05) is 60.7 Å². The summed E-state index contributed by atoms with van der Waals surface area (Å²) in [6.07, 6.45) is 0. The van der Waals surface area contributed by atoms with E-state index in [4.69, 9.17) is 0 Å². The molecule has 28 heavy (non-hydrogen) atoms. The zero-order chi connectivity index (χ0) is 19.5. The molecule has 0 unspecified atom stereocenters. The van der Waals surface area contributed by atoms with Gasteiger partial charge in [0.1, 0.15) is 0 Å². The van der Waals surface area contributed by atoms with Crippen molar-refractivity contribution in [3.05, 3.63) is 108 Å². The molecule has 0 heterocycles. The van der Waals surface area contributed by atoms with Crippen LogP contribution in [-0.4, -0.2) is 24.8 Å². The molecule has 2 nitrogen and oxygen atoms in total. The fourth-order valence-electron chi connectivity index (χ4n) is 3.48. The van der Waals surface area contributed by atoms with Gasteiger partial charge in [-0.15, -0.1) is 0 Å². The molecule has 138 valence electrons. The van der Waals surface area contributed by atoms with E-state index in [-0.39, 0.29) is 5.78 Å². The molecule has 0 aromatic heterocycles. The Bertz CT molecular complexity index is 1110. The number of hydrogen-bond donors (Lipinski definition) is 0. The Morgan fingerprint density at radius 1 is 0.679 bits per heavy atom. The lowest BCUT2D eigenvalue weighted by Crippen LogP contribution is -2.10. The third kappa shape index (κ3) is 3.88. The largest absolute Gasteiger partial charge is 0.305 e. The topological polar surface area (TPSA) is 20.3 Å². The lowest BCUT2D eigenvalue weighted by Gasteiger charge is -2.10. The number of carbonyl (C=O) groups excluding carboxylic acids is 1. The maximum atomic E-state index is 12.9. The van der Waals surface area contributed by atoms with E-state index in [2.05, 4.69) is 49.3 Å². The molecule has 0 radical (unpaired) electrons. The summed E-state index contributed by atoms with van der Waals surface area (Å²) in [5, 5.41) is 2.23. The fraction of sp³-hybridized carbons (Fsp3) is 0.115. The molecule has 0 aliphatic rings. The Kier molecular flexibility index (Phi) is 5.05. The van der Waals surface area contributed by atoms with Gasteiger partial charge in [-0.2, -0.15) is 0 Å². The second kappa shape index (κ2) is 7.79. The van der Waals surface area contributed by atoms with Crippen LogP contribution < -0.4 is 0 Å². The maximum Gasteiger partial charge on any atom is 0.193 e. The van der Waals surface area contributed by atoms with E-state index in [0.29, 0.717) is 5.56 Å². The van der Waals surface area contributed by atoms with Gasteiger partial charge in [-0.05, 0) is 47.6 Å². The van der Waals surface area contributed by atoms with Crippen LogP contribution in [0.2, 0.25) is 0 Å². The minimum Gasteiger partial charge on any atom is -0.305 e. The van der Waals surface area contributed by atoms with Crippen molar-refractivity contribution in [3.63, 3.8) is 0 Å². The van der Waals surface area contributed by atoms with Crippen molar-refractivity contribution in [2.45, 2.75) is 6.54 Å². The first-order valence-electron chi connectivity index (χ1n) is 9.48. The summed E-state index contributed by atoms with van der Waals surface area (Å²) in [6.45, 7) is 0.930. The van der Waals surface area contributed by atoms with Gasteiger partial charge >= 0.3 is 0 Å². The van der Waals surface area contributed by atoms with Crippen LogP contribution >= 0.6 is 0 Å². The monoisotopic (exact) mass is 365 g/mol. The van der Waals surface area contributed by atoms with Gasteiger partial charge in [-0.25, -0.2) is 0 Å². The zero-order valence-corrected chi connectivity index (χ0v) is 16.2. The van der Waals surface area contributed by atoms with Crippen LogP contribution in [0, 0.1) is 0 Å². The Morgan fingerprint density at radius 3 is 1.89 bits per heavy atom. The summed E-state index contributed by atoms with van der Waals surface area (Å²) in [6, 6.07) is 30.4. The van der Waals surface area contributed by atoms with E-state index < -0.39 is 0 Å². The molecule has 0 saturated heterocycles. The van der Waals surface area contributed by atoms with Crippen LogP contribution in [0.15, 0.2) is 91.0 Å². The van der Waals surface area contributed by atoms with Gasteiger partial charge in [0.2, 0.25) is 0 Å². The molecular formula is C26H23NO. The Morgan fingerprint density at radius 2 is 1.25 bits per heavy atom. The quantitative estimate of drug-likeness (QED) is 0.417. The Hall–Kier alpha value is -3.23. The van der Waals surface area contributed by atoms with Gasteiger partial charge < -0.3 is 4.90 Å². The smallest absolute Gasteiger partial charge is 0.193 e. The molecule has 0 atom stereocenters. The van der Waals surface area contributed by atoms with Crippen molar-refractivity contribution >= 4 is 16.6 Å². The maximum absolute atomic E-state index is 12.9. The van der Waals surface area contributed by atoms with Crippen molar-refractivity contribution in [2.75, 3.05) is 14.1 Å². The Balaban J connectivity index is 1.55. The van der Waals surface area contributed by atoms with E-state index >= 15 is 0 Å². The molecular weight excluding hydrogens is 342 g/mol. The van der Waals surface area contributed by atoms with Crippen LogP contribution in [0.1, 0.15) is 21.5 Å². The van der Waals surface area contributed by atoms with E-state index in [1.54, 1.807) is 0 Å². The molecule has 0 N–H and O–H groups in total. The van der Waals surface area contributed by atoms with Gasteiger partial charge in [0.05, 0.1) is 0 Å². The number of benzene rings is 4. The van der Waals surface area contributed by atoms with Crippen LogP contribution in [-0.2, 0) is 6.54 Å². The third-order valence-electron chi connectivity index (χ3n) is 4.94. The molecule has 4 aromatic rings. The lowest BCUT2D eigenvalue weighted by molar-refractivity contribution is 0.103. The second-order valence-electron chi connectivity index (χ2n) is 7.40. The van der Waals surface area contributed by atoms with E-state index in [0.717, 1.165) is 34.0 Å². The summed E-state index contributed by atoms with van der Waals surface area (Å²) >= 11 is 0. The molecule has 0 spiro atoms. The molecule has 2 heteroatoms. The molecule has 0 amide bonds. The fourth-order valence-corrected chi connectivity index (χ4v) is 3.48. The minimum atomic E-state index is 0.0543. The summed E-state index contributed by atoms with van der Waals surface area (Å²) in [5.41, 5.74) is 5.00. The highest BCUT2D eigenvalue weighted by atomic mass is 16.1. The lowest BCUT2D eigenvalue weighted by atomic mass is 9.97. The van der Waals surface area contributed by atoms with E-state index in [9.17, 15) is 4.79 Å². The van der Waals surface area contributed by atoms with Crippen LogP contribution in [0.5, 0.6) is 0 Å². The summed E-state index contributed by atoms with van der Waals surface area (Å²) < 4.78 is 0. The molecule has 4 rings (SSSR count). The standard InChI is InChI=1S/C26H23NO/c1-27(2)18-19-7-9-21(10-8-19)22-11-14-23(15-12-22)26(28)25-16-13-20-5-3-4-6-24(20)17-25/h3-17H,18H2,1-2H3. The molecule has 0 aliphatic carbocycles. The van der Waals surface area contributed by atoms with Crippen molar-refractivity contribution in [2.24, 2.45) is 0 Å². The number of ketones is 1. The SMILES string of the molecule is CN(C)Cc1ccc(-c2ccc(C(=O)c3ccc4ccccc4c3)cc2)cc1. The van der Waals surface area contributed by atoms with Crippen molar-refractivity contribution < 1.29 is 4.79 Å². The summed E-state index contributed by atoms with van der Waals surface area (Å²) in [7, 11) is 4.14. The van der Waals surface area contributed by atoms with Gasteiger partial charge in [0.25, 0.3) is 0 Å². The number of fused-ring (bicyclic) bond motifs is 1. The third-order valence-corrected chi connectivity index (χ3v) is 4.94. The van der Waals surface area contributed by atoms with E-state index in [1.165, 1.54) is 5.56 Å². The molecule has 4 aromatic carbocycles. The average Bonchev–Trinajstić information content (AvgIpc) is 2.73. The highest BCUT2D eigenvalue weighted by Crippen LogP contribution is 2.23. The van der Waals surface area contributed by atoms with Crippen molar-refractivity contribution in [3.8, 4) is 11.1 Å². The minimum absolute atomic E-state index is 0.0543. The first-order valence-corrected chi connectivity index (χ1v) is 9.48. The van der Waals surface area contributed by atoms with Crippen LogP contribution in [0.3, 0.4) is 0 Å². The number of nitrogens with zero attached hydrogens (tertiary/aromatic N) is 1. The predicted octanol–water partition coefficient (Wildman–Crippen LogP) is 5.80. The normalized spacial score (nSPS) is 11.1. The Labute approximate surface area is 166 Å². The predicted molar refractivity (Wildman–Crippen MR) is 117 cm³/mol. The first-order chi connectivity index (χ1) is 13.6. The molecule has 0 aliphatic heterocycles. The van der Waals surface area contributed by atoms with Gasteiger partial charge in [-0.3, -0.25) is 4.79 Å². The number of hydrogen-bond acceptors (Lipinski definition) is 2. The number of rotatable bonds is 5. The number of carbonyl (C=O) groups is 1. The highest BCUT2D eigenvalue weighted by Gasteiger charge is 2.10. The first kappa shape index (κ1) is 18.1. The highest BCUT2D eigenvalue weighted by molar-refractivity contribution is 6.10. The van der Waals surface area contributed by atoms with Crippen LogP contribution in [0.25, 0.3) is 21.9 Å².